The Hall–Kier alpha value is -3.06. The van der Waals surface area contributed by atoms with Gasteiger partial charge in [0, 0.05) is 5.69 Å². The number of nitrogens with one attached hydrogen (secondary N) is 2. The van der Waals surface area contributed by atoms with Gasteiger partial charge in [0.15, 0.2) is 0 Å². The van der Waals surface area contributed by atoms with Crippen LogP contribution >= 0.6 is 11.6 Å². The van der Waals surface area contributed by atoms with Crippen molar-refractivity contribution in [3.8, 4) is 5.75 Å². The maximum atomic E-state index is 12.1. The second-order valence-electron chi connectivity index (χ2n) is 5.02. The van der Waals surface area contributed by atoms with Gasteiger partial charge in [-0.05, 0) is 37.3 Å². The molecule has 0 fully saturated rings. The van der Waals surface area contributed by atoms with Gasteiger partial charge in [-0.3, -0.25) is 9.59 Å². The molecule has 0 aliphatic carbocycles. The summed E-state index contributed by atoms with van der Waals surface area (Å²) in [7, 11) is 1.47. The minimum absolute atomic E-state index is 0.156. The number of para-hydroxylation sites is 1. The van der Waals surface area contributed by atoms with Gasteiger partial charge in [0.05, 0.1) is 30.0 Å². The number of ether oxygens (including phenoxy) is 2. The van der Waals surface area contributed by atoms with Crippen LogP contribution in [0.15, 0.2) is 42.5 Å². The van der Waals surface area contributed by atoms with Crippen LogP contribution in [0.4, 0.5) is 11.4 Å². The molecule has 0 heterocycles. The molecule has 2 aromatic rings. The first kappa shape index (κ1) is 19.3. The maximum absolute atomic E-state index is 12.1. The molecule has 136 valence electrons. The summed E-state index contributed by atoms with van der Waals surface area (Å²) in [6, 6.07) is 10.8. The Balaban J connectivity index is 2.09. The summed E-state index contributed by atoms with van der Waals surface area (Å²) in [6.45, 7) is 1.87. The quantitative estimate of drug-likeness (QED) is 0.617. The van der Waals surface area contributed by atoms with E-state index < -0.39 is 17.8 Å². The van der Waals surface area contributed by atoms with Crippen LogP contribution in [0.3, 0.4) is 0 Å². The van der Waals surface area contributed by atoms with Gasteiger partial charge in [-0.25, -0.2) is 4.79 Å². The van der Waals surface area contributed by atoms with Crippen molar-refractivity contribution in [2.45, 2.75) is 6.92 Å². The molecule has 0 bridgehead atoms. The smallest absolute Gasteiger partial charge is 0.340 e. The van der Waals surface area contributed by atoms with Crippen molar-refractivity contribution in [2.75, 3.05) is 24.4 Å². The number of halogens is 1. The van der Waals surface area contributed by atoms with Crippen LogP contribution in [0.25, 0.3) is 0 Å². The fourth-order valence-corrected chi connectivity index (χ4v) is 2.35. The van der Waals surface area contributed by atoms with Crippen molar-refractivity contribution in [1.29, 1.82) is 0 Å². The van der Waals surface area contributed by atoms with Crippen LogP contribution in [-0.4, -0.2) is 31.5 Å². The maximum Gasteiger partial charge on any atom is 0.340 e. The number of esters is 1. The third-order valence-corrected chi connectivity index (χ3v) is 3.58. The first-order valence-corrected chi connectivity index (χ1v) is 8.06. The van der Waals surface area contributed by atoms with E-state index >= 15 is 0 Å². The highest BCUT2D eigenvalue weighted by Gasteiger charge is 2.19. The molecule has 0 radical (unpaired) electrons. The molecule has 2 amide bonds. The molecule has 7 nitrogen and oxygen atoms in total. The van der Waals surface area contributed by atoms with Crippen molar-refractivity contribution in [2.24, 2.45) is 0 Å². The summed E-state index contributed by atoms with van der Waals surface area (Å²) in [5.41, 5.74) is 0.663. The van der Waals surface area contributed by atoms with Gasteiger partial charge in [0.1, 0.15) is 5.75 Å². The minimum Gasteiger partial charge on any atom is -0.495 e. The minimum atomic E-state index is -0.936. The van der Waals surface area contributed by atoms with Crippen LogP contribution in [0.5, 0.6) is 5.75 Å². The number of rotatable bonds is 5. The zero-order chi connectivity index (χ0) is 19.1. The highest BCUT2D eigenvalue weighted by Crippen LogP contribution is 2.27. The molecule has 0 aromatic heterocycles. The summed E-state index contributed by atoms with van der Waals surface area (Å²) < 4.78 is 9.94. The van der Waals surface area contributed by atoms with Gasteiger partial charge in [-0.2, -0.15) is 0 Å². The Bertz CT molecular complexity index is 838. The lowest BCUT2D eigenvalue weighted by Gasteiger charge is -2.11. The van der Waals surface area contributed by atoms with Crippen molar-refractivity contribution < 1.29 is 23.9 Å². The highest BCUT2D eigenvalue weighted by atomic mass is 35.5. The summed E-state index contributed by atoms with van der Waals surface area (Å²) in [6.07, 6.45) is 0. The van der Waals surface area contributed by atoms with Crippen molar-refractivity contribution in [3.63, 3.8) is 0 Å². The average molecular weight is 377 g/mol. The van der Waals surface area contributed by atoms with E-state index in [0.717, 1.165) is 0 Å². The lowest BCUT2D eigenvalue weighted by molar-refractivity contribution is -0.133. The van der Waals surface area contributed by atoms with Crippen LogP contribution < -0.4 is 15.4 Å². The molecule has 0 aliphatic heterocycles. The number of carbonyl (C=O) groups is 3. The van der Waals surface area contributed by atoms with Crippen molar-refractivity contribution in [3.05, 3.63) is 53.1 Å². The predicted octanol–water partition coefficient (Wildman–Crippen LogP) is 3.10. The first-order valence-electron chi connectivity index (χ1n) is 7.68. The molecule has 8 heteroatoms. The largest absolute Gasteiger partial charge is 0.495 e. The molecule has 0 unspecified atom stereocenters. The van der Waals surface area contributed by atoms with E-state index in [2.05, 4.69) is 10.6 Å². The summed E-state index contributed by atoms with van der Waals surface area (Å²) in [4.78, 5) is 36.1. The number of hydrogen-bond acceptors (Lipinski definition) is 5. The summed E-state index contributed by atoms with van der Waals surface area (Å²) in [5.74, 6) is -2.00. The number of carbonyl (C=O) groups excluding carboxylic acids is 3. The number of benzene rings is 2. The standard InChI is InChI=1S/C18H17ClN2O5/c1-3-26-18(24)12-6-4-5-7-14(12)21-17(23)16(22)20-11-8-9-15(25-2)13(19)10-11/h4-10H,3H2,1-2H3,(H,20,22)(H,21,23). The molecule has 2 rings (SSSR count). The molecule has 0 saturated heterocycles. The van der Waals surface area contributed by atoms with Gasteiger partial charge in [0.2, 0.25) is 0 Å². The molecule has 26 heavy (non-hydrogen) atoms. The Morgan fingerprint density at radius 1 is 1.04 bits per heavy atom. The van der Waals surface area contributed by atoms with Gasteiger partial charge in [-0.1, -0.05) is 23.7 Å². The zero-order valence-electron chi connectivity index (χ0n) is 14.2. The van der Waals surface area contributed by atoms with E-state index in [1.54, 1.807) is 31.2 Å². The highest BCUT2D eigenvalue weighted by molar-refractivity contribution is 6.44. The van der Waals surface area contributed by atoms with Gasteiger partial charge in [-0.15, -0.1) is 0 Å². The Labute approximate surface area is 155 Å². The van der Waals surface area contributed by atoms with E-state index in [9.17, 15) is 14.4 Å². The van der Waals surface area contributed by atoms with E-state index in [-0.39, 0.29) is 17.9 Å². The topological polar surface area (TPSA) is 93.7 Å². The zero-order valence-corrected chi connectivity index (χ0v) is 14.9. The third kappa shape index (κ3) is 4.73. The summed E-state index contributed by atoms with van der Waals surface area (Å²) in [5, 5.41) is 5.11. The molecule has 0 saturated carbocycles. The van der Waals surface area contributed by atoms with E-state index in [1.807, 2.05) is 0 Å². The van der Waals surface area contributed by atoms with Gasteiger partial charge >= 0.3 is 17.8 Å². The molecule has 0 aliphatic rings. The number of hydrogen-bond donors (Lipinski definition) is 2. The lowest BCUT2D eigenvalue weighted by atomic mass is 10.2. The molecular formula is C18H17ClN2O5. The first-order chi connectivity index (χ1) is 12.5. The van der Waals surface area contributed by atoms with E-state index in [1.165, 1.54) is 25.3 Å². The Morgan fingerprint density at radius 2 is 1.73 bits per heavy atom. The normalized spacial score (nSPS) is 9.96. The molecule has 2 N–H and O–H groups in total. The van der Waals surface area contributed by atoms with E-state index in [0.29, 0.717) is 16.5 Å². The fourth-order valence-electron chi connectivity index (χ4n) is 2.09. The van der Waals surface area contributed by atoms with Crippen LogP contribution in [0.2, 0.25) is 5.02 Å². The average Bonchev–Trinajstić information content (AvgIpc) is 2.62. The molecular weight excluding hydrogens is 360 g/mol. The number of anilines is 2. The van der Waals surface area contributed by atoms with Crippen LogP contribution in [-0.2, 0) is 14.3 Å². The van der Waals surface area contributed by atoms with E-state index in [4.69, 9.17) is 21.1 Å². The lowest BCUT2D eigenvalue weighted by Crippen LogP contribution is -2.29. The molecule has 0 atom stereocenters. The van der Waals surface area contributed by atoms with Crippen LogP contribution in [0.1, 0.15) is 17.3 Å². The second kappa shape index (κ2) is 8.87. The number of amides is 2. The van der Waals surface area contributed by atoms with Gasteiger partial charge in [0.25, 0.3) is 0 Å². The SMILES string of the molecule is CCOC(=O)c1ccccc1NC(=O)C(=O)Nc1ccc(OC)c(Cl)c1. The van der Waals surface area contributed by atoms with Gasteiger partial charge < -0.3 is 20.1 Å². The monoisotopic (exact) mass is 376 g/mol. The Morgan fingerprint density at radius 3 is 2.38 bits per heavy atom. The third-order valence-electron chi connectivity index (χ3n) is 3.29. The predicted molar refractivity (Wildman–Crippen MR) is 97.7 cm³/mol. The van der Waals surface area contributed by atoms with Crippen molar-refractivity contribution >= 4 is 40.8 Å². The molecule has 0 spiro atoms. The number of methoxy groups -OCH3 is 1. The fraction of sp³-hybridized carbons (Fsp3) is 0.167. The van der Waals surface area contributed by atoms with Crippen molar-refractivity contribution in [1.82, 2.24) is 0 Å². The Kier molecular flexibility index (Phi) is 6.57. The summed E-state index contributed by atoms with van der Waals surface area (Å²) >= 11 is 5.98. The molecule has 2 aromatic carbocycles. The van der Waals surface area contributed by atoms with Crippen LogP contribution in [0, 0.1) is 0 Å². The second-order valence-corrected chi connectivity index (χ2v) is 5.43.